The minimum absolute atomic E-state index is 0.0310. The van der Waals surface area contributed by atoms with E-state index in [9.17, 15) is 9.59 Å². The van der Waals surface area contributed by atoms with Gasteiger partial charge in [-0.2, -0.15) is 0 Å². The number of aldehydes is 1. The van der Waals surface area contributed by atoms with E-state index in [0.29, 0.717) is 18.8 Å². The van der Waals surface area contributed by atoms with Gasteiger partial charge in [0.2, 0.25) is 5.91 Å². The molecule has 33 heavy (non-hydrogen) atoms. The molecule has 0 bridgehead atoms. The average molecular weight is 460 g/mol. The summed E-state index contributed by atoms with van der Waals surface area (Å²) in [5.74, 6) is 2.28. The van der Waals surface area contributed by atoms with Crippen molar-refractivity contribution in [3.8, 4) is 0 Å². The molecule has 0 aromatic heterocycles. The lowest BCUT2D eigenvalue weighted by Crippen LogP contribution is -2.49. The number of rotatable bonds is 16. The number of carbonyl (C=O) groups excluding carboxylic acids is 2. The van der Waals surface area contributed by atoms with Crippen LogP contribution in [0, 0.1) is 17.8 Å². The molecule has 1 amide bonds. The smallest absolute Gasteiger partial charge is 0.237 e. The minimum atomic E-state index is -0.207. The quantitative estimate of drug-likeness (QED) is 0.255. The monoisotopic (exact) mass is 459 g/mol. The summed E-state index contributed by atoms with van der Waals surface area (Å²) >= 11 is 0. The predicted molar refractivity (Wildman–Crippen MR) is 138 cm³/mol. The molecule has 1 aliphatic heterocycles. The van der Waals surface area contributed by atoms with Gasteiger partial charge >= 0.3 is 0 Å². The molecule has 3 atom stereocenters. The number of likely N-dealkylation sites (tertiary alicyclic amines) is 1. The van der Waals surface area contributed by atoms with Crippen LogP contribution in [0.15, 0.2) is 23.3 Å². The number of likely N-dealkylation sites (N-methyl/N-ethyl adjacent to an activating group) is 1. The zero-order valence-corrected chi connectivity index (χ0v) is 21.7. The number of unbranched alkanes of at least 4 members (excludes halogenated alkanes) is 1. The standard InChI is InChI=1S/C28H49N3O2/c1-22(2)10-11-23(8-5-6-17-29-3)12-13-24-14-15-25-16-18-31(21-26(25)20-24)27(9-7-19-32)28(33)30-4/h15,19-20,22-24,27,29H,5-14,16-18,21H2,1-4H3,(H,30,33). The van der Waals surface area contributed by atoms with Gasteiger partial charge in [0.25, 0.3) is 0 Å². The van der Waals surface area contributed by atoms with Gasteiger partial charge in [0.05, 0.1) is 6.04 Å². The second kappa shape index (κ2) is 15.4. The molecule has 1 aliphatic carbocycles. The third-order valence-corrected chi connectivity index (χ3v) is 7.49. The Labute approximate surface area is 202 Å². The molecule has 0 aromatic rings. The highest BCUT2D eigenvalue weighted by atomic mass is 16.2. The summed E-state index contributed by atoms with van der Waals surface area (Å²) in [6.45, 7) is 7.53. The van der Waals surface area contributed by atoms with Crippen LogP contribution in [0.25, 0.3) is 0 Å². The van der Waals surface area contributed by atoms with Gasteiger partial charge in [-0.1, -0.05) is 51.7 Å². The Morgan fingerprint density at radius 1 is 1.12 bits per heavy atom. The average Bonchev–Trinajstić information content (AvgIpc) is 2.82. The van der Waals surface area contributed by atoms with E-state index in [1.165, 1.54) is 62.5 Å². The van der Waals surface area contributed by atoms with Crippen molar-refractivity contribution in [3.63, 3.8) is 0 Å². The number of hydrogen-bond donors (Lipinski definition) is 2. The van der Waals surface area contributed by atoms with Crippen LogP contribution in [0.1, 0.15) is 84.5 Å². The van der Waals surface area contributed by atoms with Crippen LogP contribution in [0.3, 0.4) is 0 Å². The number of nitrogens with zero attached hydrogens (tertiary/aromatic N) is 1. The van der Waals surface area contributed by atoms with Crippen molar-refractivity contribution in [2.24, 2.45) is 17.8 Å². The van der Waals surface area contributed by atoms with Gasteiger partial charge in [0, 0.05) is 26.6 Å². The number of hydrogen-bond acceptors (Lipinski definition) is 4. The van der Waals surface area contributed by atoms with Crippen molar-refractivity contribution in [1.82, 2.24) is 15.5 Å². The molecular weight excluding hydrogens is 410 g/mol. The number of fused-ring (bicyclic) bond motifs is 1. The highest BCUT2D eigenvalue weighted by Crippen LogP contribution is 2.34. The lowest BCUT2D eigenvalue weighted by Gasteiger charge is -2.37. The normalized spacial score (nSPS) is 20.6. The van der Waals surface area contributed by atoms with E-state index >= 15 is 0 Å². The first-order valence-corrected chi connectivity index (χ1v) is 13.4. The van der Waals surface area contributed by atoms with Gasteiger partial charge in [-0.05, 0) is 81.0 Å². The number of piperidine rings is 1. The molecular formula is C28H49N3O2. The fourth-order valence-corrected chi connectivity index (χ4v) is 5.39. The lowest BCUT2D eigenvalue weighted by molar-refractivity contribution is -0.126. The van der Waals surface area contributed by atoms with Gasteiger partial charge in [-0.25, -0.2) is 0 Å². The van der Waals surface area contributed by atoms with Crippen LogP contribution >= 0.6 is 0 Å². The lowest BCUT2D eigenvalue weighted by atomic mass is 9.81. The Morgan fingerprint density at radius 2 is 1.94 bits per heavy atom. The first-order valence-electron chi connectivity index (χ1n) is 13.4. The van der Waals surface area contributed by atoms with E-state index in [2.05, 4.69) is 41.5 Å². The van der Waals surface area contributed by atoms with Crippen molar-refractivity contribution in [1.29, 1.82) is 0 Å². The van der Waals surface area contributed by atoms with Gasteiger partial charge in [0.15, 0.2) is 0 Å². The third kappa shape index (κ3) is 9.74. The fraction of sp³-hybridized carbons (Fsp3) is 0.786. The number of amides is 1. The van der Waals surface area contributed by atoms with E-state index in [1.807, 2.05) is 7.05 Å². The van der Waals surface area contributed by atoms with Gasteiger partial charge in [-0.15, -0.1) is 0 Å². The highest BCUT2D eigenvalue weighted by molar-refractivity contribution is 5.81. The molecule has 2 aliphatic rings. The Morgan fingerprint density at radius 3 is 2.64 bits per heavy atom. The molecule has 0 spiro atoms. The first-order chi connectivity index (χ1) is 16.0. The van der Waals surface area contributed by atoms with Crippen LogP contribution in [-0.4, -0.2) is 56.9 Å². The maximum absolute atomic E-state index is 12.4. The molecule has 3 unspecified atom stereocenters. The van der Waals surface area contributed by atoms with Crippen LogP contribution in [-0.2, 0) is 9.59 Å². The summed E-state index contributed by atoms with van der Waals surface area (Å²) in [6.07, 6.45) is 18.4. The summed E-state index contributed by atoms with van der Waals surface area (Å²) in [5.41, 5.74) is 2.90. The number of nitrogens with one attached hydrogen (secondary N) is 2. The first kappa shape index (κ1) is 27.8. The largest absolute Gasteiger partial charge is 0.358 e. The fourth-order valence-electron chi connectivity index (χ4n) is 5.39. The van der Waals surface area contributed by atoms with Gasteiger partial charge in [0.1, 0.15) is 6.29 Å². The summed E-state index contributed by atoms with van der Waals surface area (Å²) < 4.78 is 0. The van der Waals surface area contributed by atoms with Crippen LogP contribution < -0.4 is 10.6 Å². The van der Waals surface area contributed by atoms with Crippen LogP contribution in [0.4, 0.5) is 0 Å². The van der Waals surface area contributed by atoms with Crippen LogP contribution in [0.2, 0.25) is 0 Å². The van der Waals surface area contributed by atoms with Crippen molar-refractivity contribution in [3.05, 3.63) is 23.3 Å². The summed E-state index contributed by atoms with van der Waals surface area (Å²) in [6, 6.07) is -0.207. The number of carbonyl (C=O) groups is 2. The molecule has 1 saturated heterocycles. The second-order valence-corrected chi connectivity index (χ2v) is 10.5. The van der Waals surface area contributed by atoms with E-state index in [4.69, 9.17) is 0 Å². The summed E-state index contributed by atoms with van der Waals surface area (Å²) in [7, 11) is 3.73. The topological polar surface area (TPSA) is 61.4 Å². The SMILES string of the molecule is CNCCCCC(CCC(C)C)CCC1C=C2CN(C(CCC=O)C(=O)NC)CCC2=CC1. The minimum Gasteiger partial charge on any atom is -0.358 e. The van der Waals surface area contributed by atoms with Gasteiger partial charge in [-0.3, -0.25) is 9.69 Å². The van der Waals surface area contributed by atoms with E-state index in [-0.39, 0.29) is 11.9 Å². The van der Waals surface area contributed by atoms with Crippen molar-refractivity contribution < 1.29 is 9.59 Å². The third-order valence-electron chi connectivity index (χ3n) is 7.49. The van der Waals surface area contributed by atoms with E-state index < -0.39 is 0 Å². The molecule has 0 saturated carbocycles. The Kier molecular flexibility index (Phi) is 13.0. The highest BCUT2D eigenvalue weighted by Gasteiger charge is 2.30. The molecule has 2 N–H and O–H groups in total. The van der Waals surface area contributed by atoms with Crippen molar-refractivity contribution >= 4 is 12.2 Å². The maximum Gasteiger partial charge on any atom is 0.237 e. The molecule has 0 aromatic carbocycles. The molecule has 5 nitrogen and oxygen atoms in total. The summed E-state index contributed by atoms with van der Waals surface area (Å²) in [4.78, 5) is 25.6. The Balaban J connectivity index is 1.94. The predicted octanol–water partition coefficient (Wildman–Crippen LogP) is 4.88. The Bertz CT molecular complexity index is 656. The number of allylic oxidation sites excluding steroid dienone is 2. The van der Waals surface area contributed by atoms with Gasteiger partial charge < -0.3 is 15.4 Å². The maximum atomic E-state index is 12.4. The molecule has 5 heteroatoms. The van der Waals surface area contributed by atoms with Crippen molar-refractivity contribution in [2.75, 3.05) is 33.7 Å². The Hall–Kier alpha value is -1.46. The summed E-state index contributed by atoms with van der Waals surface area (Å²) in [5, 5.41) is 6.07. The zero-order chi connectivity index (χ0) is 24.1. The second-order valence-electron chi connectivity index (χ2n) is 10.5. The molecule has 2 rings (SSSR count). The molecule has 188 valence electrons. The van der Waals surface area contributed by atoms with Crippen LogP contribution in [0.5, 0.6) is 0 Å². The van der Waals surface area contributed by atoms with E-state index in [0.717, 1.165) is 44.2 Å². The molecule has 1 heterocycles. The van der Waals surface area contributed by atoms with Crippen molar-refractivity contribution in [2.45, 2.75) is 90.5 Å². The van der Waals surface area contributed by atoms with E-state index in [1.54, 1.807) is 7.05 Å². The molecule has 1 fully saturated rings. The zero-order valence-electron chi connectivity index (χ0n) is 21.7. The molecule has 0 radical (unpaired) electrons.